The highest BCUT2D eigenvalue weighted by atomic mass is 16.5. The van der Waals surface area contributed by atoms with Gasteiger partial charge >= 0.3 is 0 Å². The third-order valence-corrected chi connectivity index (χ3v) is 3.94. The number of ether oxygens (including phenoxy) is 2. The van der Waals surface area contributed by atoms with Gasteiger partial charge in [0, 0.05) is 19.2 Å². The van der Waals surface area contributed by atoms with Crippen molar-refractivity contribution in [3.8, 4) is 5.75 Å². The first-order chi connectivity index (χ1) is 9.21. The summed E-state index contributed by atoms with van der Waals surface area (Å²) in [6, 6.07) is 9.44. The van der Waals surface area contributed by atoms with Crippen LogP contribution in [-0.4, -0.2) is 32.4 Å². The molecule has 106 valence electrons. The number of methoxy groups -OCH3 is 2. The van der Waals surface area contributed by atoms with E-state index in [-0.39, 0.29) is 0 Å². The predicted molar refractivity (Wildman–Crippen MR) is 77.7 cm³/mol. The van der Waals surface area contributed by atoms with Gasteiger partial charge in [0.1, 0.15) is 5.75 Å². The van der Waals surface area contributed by atoms with Gasteiger partial charge in [-0.2, -0.15) is 0 Å². The van der Waals surface area contributed by atoms with Crippen LogP contribution in [0.4, 0.5) is 0 Å². The molecule has 2 rings (SSSR count). The molecule has 1 aliphatic carbocycles. The minimum Gasteiger partial charge on any atom is -0.497 e. The Morgan fingerprint density at radius 3 is 2.53 bits per heavy atom. The van der Waals surface area contributed by atoms with E-state index in [0.29, 0.717) is 18.2 Å². The summed E-state index contributed by atoms with van der Waals surface area (Å²) < 4.78 is 10.6. The number of benzene rings is 1. The van der Waals surface area contributed by atoms with Crippen LogP contribution in [0.5, 0.6) is 5.75 Å². The van der Waals surface area contributed by atoms with Crippen LogP contribution in [0.25, 0.3) is 0 Å². The first-order valence-corrected chi connectivity index (χ1v) is 7.13. The molecule has 1 aliphatic rings. The second-order valence-electron chi connectivity index (χ2n) is 5.49. The minimum absolute atomic E-state index is 0.450. The van der Waals surface area contributed by atoms with Gasteiger partial charge < -0.3 is 14.8 Å². The molecule has 0 bridgehead atoms. The molecule has 3 heteroatoms. The van der Waals surface area contributed by atoms with Crippen LogP contribution in [0.1, 0.15) is 31.7 Å². The van der Waals surface area contributed by atoms with Gasteiger partial charge in [0.05, 0.1) is 13.2 Å². The smallest absolute Gasteiger partial charge is 0.118 e. The van der Waals surface area contributed by atoms with E-state index in [1.165, 1.54) is 18.4 Å². The molecule has 0 heterocycles. The van der Waals surface area contributed by atoms with Crippen molar-refractivity contribution in [2.24, 2.45) is 0 Å². The maximum atomic E-state index is 5.41. The van der Waals surface area contributed by atoms with E-state index in [1.54, 1.807) is 7.11 Å². The minimum atomic E-state index is 0.450. The van der Waals surface area contributed by atoms with Crippen molar-refractivity contribution < 1.29 is 9.47 Å². The van der Waals surface area contributed by atoms with Gasteiger partial charge in [-0.25, -0.2) is 0 Å². The van der Waals surface area contributed by atoms with E-state index in [4.69, 9.17) is 9.47 Å². The van der Waals surface area contributed by atoms with Crippen LogP contribution in [0.2, 0.25) is 0 Å². The zero-order chi connectivity index (χ0) is 13.7. The van der Waals surface area contributed by atoms with Crippen molar-refractivity contribution >= 4 is 0 Å². The fraction of sp³-hybridized carbons (Fsp3) is 0.625. The molecule has 1 saturated carbocycles. The molecule has 1 aromatic rings. The Kier molecular flexibility index (Phi) is 5.23. The standard InChI is InChI=1S/C16H25NO2/c1-12(17-14-6-9-16(11-14)19-3)10-13-4-7-15(18-2)8-5-13/h4-5,7-8,12,14,16-17H,6,9-11H2,1-3H3. The summed E-state index contributed by atoms with van der Waals surface area (Å²) in [6.45, 7) is 2.25. The van der Waals surface area contributed by atoms with E-state index >= 15 is 0 Å². The quantitative estimate of drug-likeness (QED) is 0.856. The monoisotopic (exact) mass is 263 g/mol. The molecule has 1 N–H and O–H groups in total. The molecule has 3 unspecified atom stereocenters. The number of hydrogen-bond donors (Lipinski definition) is 1. The van der Waals surface area contributed by atoms with Crippen molar-refractivity contribution in [2.75, 3.05) is 14.2 Å². The van der Waals surface area contributed by atoms with Crippen molar-refractivity contribution in [1.29, 1.82) is 0 Å². The summed E-state index contributed by atoms with van der Waals surface area (Å²) >= 11 is 0. The third-order valence-electron chi connectivity index (χ3n) is 3.94. The summed E-state index contributed by atoms with van der Waals surface area (Å²) in [5.74, 6) is 0.920. The van der Waals surface area contributed by atoms with Gasteiger partial charge in [-0.1, -0.05) is 12.1 Å². The highest BCUT2D eigenvalue weighted by molar-refractivity contribution is 5.27. The van der Waals surface area contributed by atoms with Crippen molar-refractivity contribution in [1.82, 2.24) is 5.32 Å². The molecule has 0 aliphatic heterocycles. The van der Waals surface area contributed by atoms with Crippen LogP contribution >= 0.6 is 0 Å². The van der Waals surface area contributed by atoms with Crippen LogP contribution in [0, 0.1) is 0 Å². The van der Waals surface area contributed by atoms with Gasteiger partial charge in [0.15, 0.2) is 0 Å². The Balaban J connectivity index is 1.78. The van der Waals surface area contributed by atoms with Crippen LogP contribution in [-0.2, 0) is 11.2 Å². The van der Waals surface area contributed by atoms with Crippen molar-refractivity contribution in [3.63, 3.8) is 0 Å². The lowest BCUT2D eigenvalue weighted by Gasteiger charge is -2.19. The molecule has 0 radical (unpaired) electrons. The molecule has 0 amide bonds. The number of hydrogen-bond acceptors (Lipinski definition) is 3. The van der Waals surface area contributed by atoms with E-state index in [9.17, 15) is 0 Å². The van der Waals surface area contributed by atoms with E-state index < -0.39 is 0 Å². The summed E-state index contributed by atoms with van der Waals surface area (Å²) in [7, 11) is 3.51. The first kappa shape index (κ1) is 14.4. The molecule has 19 heavy (non-hydrogen) atoms. The van der Waals surface area contributed by atoms with Gasteiger partial charge in [0.25, 0.3) is 0 Å². The number of nitrogens with one attached hydrogen (secondary N) is 1. The van der Waals surface area contributed by atoms with E-state index in [1.807, 2.05) is 19.2 Å². The van der Waals surface area contributed by atoms with Gasteiger partial charge in [-0.15, -0.1) is 0 Å². The second kappa shape index (κ2) is 6.92. The van der Waals surface area contributed by atoms with E-state index in [0.717, 1.165) is 18.6 Å². The fourth-order valence-electron chi connectivity index (χ4n) is 2.88. The van der Waals surface area contributed by atoms with Crippen LogP contribution in [0.15, 0.2) is 24.3 Å². The summed E-state index contributed by atoms with van der Waals surface area (Å²) in [6.07, 6.45) is 5.06. The normalized spacial score (nSPS) is 24.4. The zero-order valence-corrected chi connectivity index (χ0v) is 12.2. The van der Waals surface area contributed by atoms with Gasteiger partial charge in [-0.3, -0.25) is 0 Å². The summed E-state index contributed by atoms with van der Waals surface area (Å²) in [5, 5.41) is 3.71. The van der Waals surface area contributed by atoms with Gasteiger partial charge in [-0.05, 0) is 50.3 Å². The largest absolute Gasteiger partial charge is 0.497 e. The molecular formula is C16H25NO2. The lowest BCUT2D eigenvalue weighted by molar-refractivity contribution is 0.106. The lowest BCUT2D eigenvalue weighted by atomic mass is 10.1. The molecule has 0 aromatic heterocycles. The lowest BCUT2D eigenvalue weighted by Crippen LogP contribution is -2.36. The topological polar surface area (TPSA) is 30.5 Å². The Morgan fingerprint density at radius 2 is 1.95 bits per heavy atom. The maximum Gasteiger partial charge on any atom is 0.118 e. The third kappa shape index (κ3) is 4.22. The highest BCUT2D eigenvalue weighted by Gasteiger charge is 2.25. The molecule has 1 fully saturated rings. The Morgan fingerprint density at radius 1 is 1.21 bits per heavy atom. The Labute approximate surface area is 116 Å². The summed E-state index contributed by atoms with van der Waals surface area (Å²) in [5.41, 5.74) is 1.35. The predicted octanol–water partition coefficient (Wildman–Crippen LogP) is 2.78. The Bertz CT molecular complexity index is 377. The molecule has 0 saturated heterocycles. The maximum absolute atomic E-state index is 5.41. The molecule has 3 nitrogen and oxygen atoms in total. The average Bonchev–Trinajstić information content (AvgIpc) is 2.87. The van der Waals surface area contributed by atoms with Gasteiger partial charge in [0.2, 0.25) is 0 Å². The SMILES string of the molecule is COc1ccc(CC(C)NC2CCC(OC)C2)cc1. The van der Waals surface area contributed by atoms with E-state index in [2.05, 4.69) is 24.4 Å². The highest BCUT2D eigenvalue weighted by Crippen LogP contribution is 2.22. The average molecular weight is 263 g/mol. The molecule has 3 atom stereocenters. The first-order valence-electron chi connectivity index (χ1n) is 7.13. The summed E-state index contributed by atoms with van der Waals surface area (Å²) in [4.78, 5) is 0. The molecule has 0 spiro atoms. The number of rotatable bonds is 6. The molecule has 1 aromatic carbocycles. The fourth-order valence-corrected chi connectivity index (χ4v) is 2.88. The Hall–Kier alpha value is -1.06. The zero-order valence-electron chi connectivity index (χ0n) is 12.2. The van der Waals surface area contributed by atoms with Crippen LogP contribution < -0.4 is 10.1 Å². The molecular weight excluding hydrogens is 238 g/mol. The second-order valence-corrected chi connectivity index (χ2v) is 5.49. The van der Waals surface area contributed by atoms with Crippen molar-refractivity contribution in [2.45, 2.75) is 50.8 Å². The van der Waals surface area contributed by atoms with Crippen LogP contribution in [0.3, 0.4) is 0 Å². The van der Waals surface area contributed by atoms with Crippen molar-refractivity contribution in [3.05, 3.63) is 29.8 Å².